The lowest BCUT2D eigenvalue weighted by molar-refractivity contribution is 0.197. The maximum atomic E-state index is 4.35. The summed E-state index contributed by atoms with van der Waals surface area (Å²) in [4.78, 5) is 4.15. The van der Waals surface area contributed by atoms with Crippen LogP contribution in [0.3, 0.4) is 0 Å². The predicted molar refractivity (Wildman–Crippen MR) is 70.2 cm³/mol. The monoisotopic (exact) mass is 259 g/mol. The fourth-order valence-electron chi connectivity index (χ4n) is 2.30. The highest BCUT2D eigenvalue weighted by atomic mass is 35.5. The first-order valence-corrected chi connectivity index (χ1v) is 6.09. The van der Waals surface area contributed by atoms with Gasteiger partial charge in [-0.15, -0.1) is 12.4 Å². The fourth-order valence-corrected chi connectivity index (χ4v) is 2.30. The zero-order chi connectivity index (χ0) is 11.4. The summed E-state index contributed by atoms with van der Waals surface area (Å²) in [6.45, 7) is 6.55. The minimum Gasteiger partial charge on any atom is -0.315 e. The standard InChI is InChI=1S/C11H21N5.ClH/c1-3-6-16(11-4-5-12-8-11)9-10-7-13-15(2)14-10;/h7,11-12H,3-6,8-9H2,1-2H3;1H. The maximum absolute atomic E-state index is 4.35. The van der Waals surface area contributed by atoms with Crippen LogP contribution in [0.5, 0.6) is 0 Å². The molecular weight excluding hydrogens is 238 g/mol. The van der Waals surface area contributed by atoms with Crippen LogP contribution in [0.2, 0.25) is 0 Å². The topological polar surface area (TPSA) is 46.0 Å². The highest BCUT2D eigenvalue weighted by molar-refractivity contribution is 5.85. The average Bonchev–Trinajstić information content (AvgIpc) is 2.88. The lowest BCUT2D eigenvalue weighted by Gasteiger charge is -2.26. The number of hydrogen-bond donors (Lipinski definition) is 1. The van der Waals surface area contributed by atoms with Crippen LogP contribution in [0.15, 0.2) is 6.20 Å². The number of halogens is 1. The third kappa shape index (κ3) is 3.94. The van der Waals surface area contributed by atoms with Gasteiger partial charge in [0, 0.05) is 26.2 Å². The van der Waals surface area contributed by atoms with Gasteiger partial charge in [-0.25, -0.2) is 0 Å². The number of aromatic nitrogens is 3. The first kappa shape index (κ1) is 14.4. The second-order valence-electron chi connectivity index (χ2n) is 4.44. The summed E-state index contributed by atoms with van der Waals surface area (Å²) >= 11 is 0. The molecule has 1 saturated heterocycles. The molecule has 2 heterocycles. The van der Waals surface area contributed by atoms with E-state index >= 15 is 0 Å². The molecule has 1 atom stereocenters. The van der Waals surface area contributed by atoms with Gasteiger partial charge in [0.25, 0.3) is 0 Å². The van der Waals surface area contributed by atoms with E-state index in [2.05, 4.69) is 27.3 Å². The van der Waals surface area contributed by atoms with E-state index in [1.807, 2.05) is 13.2 Å². The minimum atomic E-state index is 0. The van der Waals surface area contributed by atoms with Crippen molar-refractivity contribution >= 4 is 12.4 Å². The number of rotatable bonds is 5. The highest BCUT2D eigenvalue weighted by Crippen LogP contribution is 2.12. The van der Waals surface area contributed by atoms with E-state index in [9.17, 15) is 0 Å². The first-order chi connectivity index (χ1) is 7.79. The van der Waals surface area contributed by atoms with E-state index in [1.54, 1.807) is 4.80 Å². The first-order valence-electron chi connectivity index (χ1n) is 6.09. The van der Waals surface area contributed by atoms with Crippen LogP contribution in [0.25, 0.3) is 0 Å². The lowest BCUT2D eigenvalue weighted by Crippen LogP contribution is -2.37. The SMILES string of the molecule is CCCN(Cc1cnn(C)n1)C1CCNC1.Cl. The Morgan fingerprint density at radius 2 is 2.41 bits per heavy atom. The van der Waals surface area contributed by atoms with Gasteiger partial charge in [-0.2, -0.15) is 15.0 Å². The van der Waals surface area contributed by atoms with Crippen molar-refractivity contribution in [3.63, 3.8) is 0 Å². The number of nitrogens with zero attached hydrogens (tertiary/aromatic N) is 4. The van der Waals surface area contributed by atoms with E-state index in [0.717, 1.165) is 31.9 Å². The van der Waals surface area contributed by atoms with Crippen molar-refractivity contribution in [1.29, 1.82) is 0 Å². The molecule has 1 aliphatic heterocycles. The third-order valence-electron chi connectivity index (χ3n) is 3.07. The highest BCUT2D eigenvalue weighted by Gasteiger charge is 2.22. The Hall–Kier alpha value is -0.650. The summed E-state index contributed by atoms with van der Waals surface area (Å²) in [5.74, 6) is 0. The van der Waals surface area contributed by atoms with Crippen molar-refractivity contribution in [2.24, 2.45) is 7.05 Å². The Labute approximate surface area is 109 Å². The van der Waals surface area contributed by atoms with Gasteiger partial charge in [-0.1, -0.05) is 6.92 Å². The van der Waals surface area contributed by atoms with Crippen LogP contribution in [-0.4, -0.2) is 45.6 Å². The molecule has 1 aromatic rings. The van der Waals surface area contributed by atoms with Gasteiger partial charge in [0.1, 0.15) is 0 Å². The second kappa shape index (κ2) is 6.93. The summed E-state index contributed by atoms with van der Waals surface area (Å²) in [5.41, 5.74) is 1.07. The quantitative estimate of drug-likeness (QED) is 0.850. The van der Waals surface area contributed by atoms with Gasteiger partial charge in [-0.05, 0) is 25.9 Å². The normalized spacial score (nSPS) is 19.6. The summed E-state index contributed by atoms with van der Waals surface area (Å²) in [5, 5.41) is 11.9. The van der Waals surface area contributed by atoms with Crippen molar-refractivity contribution in [2.45, 2.75) is 32.4 Å². The molecule has 0 radical (unpaired) electrons. The molecule has 1 aliphatic rings. The number of hydrogen-bond acceptors (Lipinski definition) is 4. The molecule has 0 saturated carbocycles. The summed E-state index contributed by atoms with van der Waals surface area (Å²) in [6.07, 6.45) is 4.31. The van der Waals surface area contributed by atoms with Crippen LogP contribution in [0.1, 0.15) is 25.5 Å². The van der Waals surface area contributed by atoms with Crippen molar-refractivity contribution in [3.05, 3.63) is 11.9 Å². The zero-order valence-electron chi connectivity index (χ0n) is 10.6. The molecule has 17 heavy (non-hydrogen) atoms. The number of nitrogens with one attached hydrogen (secondary N) is 1. The molecule has 98 valence electrons. The van der Waals surface area contributed by atoms with E-state index in [0.29, 0.717) is 6.04 Å². The van der Waals surface area contributed by atoms with Crippen LogP contribution in [-0.2, 0) is 13.6 Å². The molecule has 0 aliphatic carbocycles. The molecule has 0 bridgehead atoms. The molecule has 1 unspecified atom stereocenters. The van der Waals surface area contributed by atoms with Gasteiger partial charge in [0.05, 0.1) is 11.9 Å². The second-order valence-corrected chi connectivity index (χ2v) is 4.44. The Bertz CT molecular complexity index is 321. The van der Waals surface area contributed by atoms with Crippen LogP contribution < -0.4 is 5.32 Å². The van der Waals surface area contributed by atoms with Crippen molar-refractivity contribution in [2.75, 3.05) is 19.6 Å². The summed E-state index contributed by atoms with van der Waals surface area (Å²) < 4.78 is 0. The van der Waals surface area contributed by atoms with Crippen molar-refractivity contribution < 1.29 is 0 Å². The molecule has 6 heteroatoms. The minimum absolute atomic E-state index is 0. The molecule has 1 aromatic heterocycles. The van der Waals surface area contributed by atoms with Crippen LogP contribution >= 0.6 is 12.4 Å². The van der Waals surface area contributed by atoms with E-state index in [-0.39, 0.29) is 12.4 Å². The molecule has 1 N–H and O–H groups in total. The van der Waals surface area contributed by atoms with Crippen LogP contribution in [0, 0.1) is 0 Å². The van der Waals surface area contributed by atoms with Gasteiger partial charge < -0.3 is 5.32 Å². The lowest BCUT2D eigenvalue weighted by atomic mass is 10.2. The average molecular weight is 260 g/mol. The predicted octanol–water partition coefficient (Wildman–Crippen LogP) is 0.811. The molecule has 5 nitrogen and oxygen atoms in total. The van der Waals surface area contributed by atoms with Crippen molar-refractivity contribution in [1.82, 2.24) is 25.2 Å². The Morgan fingerprint density at radius 1 is 1.59 bits per heavy atom. The number of aryl methyl sites for hydroxylation is 1. The summed E-state index contributed by atoms with van der Waals surface area (Å²) in [6, 6.07) is 0.668. The maximum Gasteiger partial charge on any atom is 0.0967 e. The van der Waals surface area contributed by atoms with Crippen LogP contribution in [0.4, 0.5) is 0 Å². The molecular formula is C11H22ClN5. The molecule has 2 rings (SSSR count). The Balaban J connectivity index is 0.00000144. The Kier molecular flexibility index (Phi) is 5.88. The fraction of sp³-hybridized carbons (Fsp3) is 0.818. The molecule has 1 fully saturated rings. The van der Waals surface area contributed by atoms with Crippen molar-refractivity contribution in [3.8, 4) is 0 Å². The molecule has 0 amide bonds. The third-order valence-corrected chi connectivity index (χ3v) is 3.07. The van der Waals surface area contributed by atoms with Gasteiger partial charge in [0.15, 0.2) is 0 Å². The molecule has 0 aromatic carbocycles. The zero-order valence-corrected chi connectivity index (χ0v) is 11.4. The van der Waals surface area contributed by atoms with E-state index in [4.69, 9.17) is 0 Å². The van der Waals surface area contributed by atoms with E-state index < -0.39 is 0 Å². The van der Waals surface area contributed by atoms with Gasteiger partial charge >= 0.3 is 0 Å². The molecule has 0 spiro atoms. The largest absolute Gasteiger partial charge is 0.315 e. The summed E-state index contributed by atoms with van der Waals surface area (Å²) in [7, 11) is 1.87. The Morgan fingerprint density at radius 3 is 2.94 bits per heavy atom. The van der Waals surface area contributed by atoms with E-state index in [1.165, 1.54) is 12.8 Å². The van der Waals surface area contributed by atoms with Gasteiger partial charge in [-0.3, -0.25) is 4.90 Å². The van der Waals surface area contributed by atoms with Gasteiger partial charge in [0.2, 0.25) is 0 Å². The smallest absolute Gasteiger partial charge is 0.0967 e.